The van der Waals surface area contributed by atoms with Gasteiger partial charge in [0, 0.05) is 19.1 Å². The lowest BCUT2D eigenvalue weighted by Gasteiger charge is -2.47. The van der Waals surface area contributed by atoms with Crippen molar-refractivity contribution >= 4 is 0 Å². The second-order valence-corrected chi connectivity index (χ2v) is 3.28. The quantitative estimate of drug-likeness (QED) is 0.486. The van der Waals surface area contributed by atoms with E-state index >= 15 is 0 Å². The van der Waals surface area contributed by atoms with Gasteiger partial charge in [-0.15, -0.1) is 0 Å². The van der Waals surface area contributed by atoms with E-state index in [-0.39, 0.29) is 5.72 Å². The Morgan fingerprint density at radius 1 is 1.50 bits per heavy atom. The second kappa shape index (κ2) is 2.19. The molecule has 2 fully saturated rings. The molecule has 0 saturated carbocycles. The molecule has 0 aromatic heterocycles. The van der Waals surface area contributed by atoms with Gasteiger partial charge in [0.25, 0.3) is 0 Å². The third-order valence-corrected chi connectivity index (χ3v) is 2.26. The van der Waals surface area contributed by atoms with Crippen molar-refractivity contribution in [1.29, 1.82) is 0 Å². The van der Waals surface area contributed by atoms with Crippen LogP contribution in [0.1, 0.15) is 13.3 Å². The Hall–Kier alpha value is -0.120. The normalized spacial score (nSPS) is 37.5. The Kier molecular flexibility index (Phi) is 1.44. The van der Waals surface area contributed by atoms with Crippen LogP contribution in [-0.2, 0) is 4.74 Å². The summed E-state index contributed by atoms with van der Waals surface area (Å²) in [6.45, 7) is 5.06. The number of hydrogen-bond donors (Lipinski definition) is 2. The van der Waals surface area contributed by atoms with Gasteiger partial charge in [0.15, 0.2) is 0 Å². The number of nitrogens with one attached hydrogen (secondary N) is 2. The SMILES string of the molecule is CC1CCOC2(CNC2)N1. The minimum Gasteiger partial charge on any atom is -0.358 e. The first kappa shape index (κ1) is 6.58. The maximum Gasteiger partial charge on any atom is 0.144 e. The molecule has 3 heteroatoms. The highest BCUT2D eigenvalue weighted by molar-refractivity contribution is 4.95. The Balaban J connectivity index is 1.96. The third-order valence-electron chi connectivity index (χ3n) is 2.26. The maximum absolute atomic E-state index is 5.60. The fourth-order valence-electron chi connectivity index (χ4n) is 1.55. The molecule has 0 amide bonds. The van der Waals surface area contributed by atoms with Gasteiger partial charge in [0.1, 0.15) is 5.72 Å². The van der Waals surface area contributed by atoms with Crippen LogP contribution >= 0.6 is 0 Å². The summed E-state index contributed by atoms with van der Waals surface area (Å²) in [5, 5.41) is 6.65. The van der Waals surface area contributed by atoms with Gasteiger partial charge in [-0.25, -0.2) is 0 Å². The molecular weight excluding hydrogens is 128 g/mol. The van der Waals surface area contributed by atoms with Crippen molar-refractivity contribution in [3.8, 4) is 0 Å². The van der Waals surface area contributed by atoms with E-state index in [1.54, 1.807) is 0 Å². The van der Waals surface area contributed by atoms with Gasteiger partial charge in [0.05, 0.1) is 6.61 Å². The molecule has 3 nitrogen and oxygen atoms in total. The first-order chi connectivity index (χ1) is 4.81. The largest absolute Gasteiger partial charge is 0.358 e. The van der Waals surface area contributed by atoms with E-state index in [1.165, 1.54) is 0 Å². The third kappa shape index (κ3) is 0.944. The standard InChI is InChI=1S/C7H14N2O/c1-6-2-3-10-7(9-6)4-8-5-7/h6,8-9H,2-5H2,1H3. The number of rotatable bonds is 0. The van der Waals surface area contributed by atoms with Crippen molar-refractivity contribution in [3.63, 3.8) is 0 Å². The van der Waals surface area contributed by atoms with Crippen LogP contribution in [0.25, 0.3) is 0 Å². The highest BCUT2D eigenvalue weighted by atomic mass is 16.5. The van der Waals surface area contributed by atoms with E-state index in [0.717, 1.165) is 26.1 Å². The van der Waals surface area contributed by atoms with Gasteiger partial charge in [-0.2, -0.15) is 0 Å². The van der Waals surface area contributed by atoms with Crippen LogP contribution in [0, 0.1) is 0 Å². The van der Waals surface area contributed by atoms with Crippen LogP contribution in [0.2, 0.25) is 0 Å². The summed E-state index contributed by atoms with van der Waals surface area (Å²) in [6, 6.07) is 0.621. The monoisotopic (exact) mass is 142 g/mol. The van der Waals surface area contributed by atoms with Crippen LogP contribution in [-0.4, -0.2) is 31.5 Å². The van der Waals surface area contributed by atoms with E-state index in [9.17, 15) is 0 Å². The first-order valence-electron chi connectivity index (χ1n) is 3.93. The molecule has 0 radical (unpaired) electrons. The molecule has 0 aromatic rings. The summed E-state index contributed by atoms with van der Waals surface area (Å²) in [5.74, 6) is 0. The van der Waals surface area contributed by atoms with Crippen molar-refractivity contribution in [2.24, 2.45) is 0 Å². The molecule has 2 aliphatic heterocycles. The Bertz CT molecular complexity index is 134. The summed E-state index contributed by atoms with van der Waals surface area (Å²) >= 11 is 0. The average Bonchev–Trinajstić information content (AvgIpc) is 1.85. The molecule has 58 valence electrons. The molecule has 0 bridgehead atoms. The zero-order valence-corrected chi connectivity index (χ0v) is 6.31. The van der Waals surface area contributed by atoms with Crippen molar-refractivity contribution in [1.82, 2.24) is 10.6 Å². The van der Waals surface area contributed by atoms with Gasteiger partial charge in [-0.05, 0) is 13.3 Å². The minimum absolute atomic E-state index is 0.0116. The summed E-state index contributed by atoms with van der Waals surface area (Å²) < 4.78 is 5.60. The van der Waals surface area contributed by atoms with E-state index in [0.29, 0.717) is 6.04 Å². The van der Waals surface area contributed by atoms with Crippen LogP contribution in [0.5, 0.6) is 0 Å². The number of ether oxygens (including phenoxy) is 1. The Morgan fingerprint density at radius 3 is 2.70 bits per heavy atom. The molecule has 2 saturated heterocycles. The molecule has 2 N–H and O–H groups in total. The molecule has 1 atom stereocenters. The van der Waals surface area contributed by atoms with Crippen LogP contribution in [0.4, 0.5) is 0 Å². The highest BCUT2D eigenvalue weighted by Crippen LogP contribution is 2.19. The maximum atomic E-state index is 5.60. The van der Waals surface area contributed by atoms with Crippen molar-refractivity contribution in [2.75, 3.05) is 19.7 Å². The number of hydrogen-bond acceptors (Lipinski definition) is 3. The topological polar surface area (TPSA) is 33.3 Å². The fourth-order valence-corrected chi connectivity index (χ4v) is 1.55. The predicted octanol–water partition coefficient (Wildman–Crippen LogP) is -0.316. The average molecular weight is 142 g/mol. The summed E-state index contributed by atoms with van der Waals surface area (Å²) in [7, 11) is 0. The summed E-state index contributed by atoms with van der Waals surface area (Å²) in [4.78, 5) is 0. The van der Waals surface area contributed by atoms with Gasteiger partial charge < -0.3 is 10.1 Å². The lowest BCUT2D eigenvalue weighted by molar-refractivity contribution is -0.137. The van der Waals surface area contributed by atoms with Crippen molar-refractivity contribution in [2.45, 2.75) is 25.1 Å². The molecule has 1 unspecified atom stereocenters. The van der Waals surface area contributed by atoms with E-state index in [1.807, 2.05) is 0 Å². The zero-order chi connectivity index (χ0) is 7.03. The van der Waals surface area contributed by atoms with Gasteiger partial charge in [-0.3, -0.25) is 5.32 Å². The molecule has 2 aliphatic rings. The van der Waals surface area contributed by atoms with Gasteiger partial charge >= 0.3 is 0 Å². The summed E-state index contributed by atoms with van der Waals surface area (Å²) in [5.41, 5.74) is 0.0116. The lowest BCUT2D eigenvalue weighted by atomic mass is 10.0. The molecule has 0 aromatic carbocycles. The minimum atomic E-state index is 0.0116. The highest BCUT2D eigenvalue weighted by Gasteiger charge is 2.40. The molecule has 0 aliphatic carbocycles. The first-order valence-corrected chi connectivity index (χ1v) is 3.93. The second-order valence-electron chi connectivity index (χ2n) is 3.28. The Labute approximate surface area is 61.1 Å². The lowest BCUT2D eigenvalue weighted by Crippen LogP contribution is -2.72. The molecular formula is C7H14N2O. The predicted molar refractivity (Wildman–Crippen MR) is 38.8 cm³/mol. The molecule has 10 heavy (non-hydrogen) atoms. The van der Waals surface area contributed by atoms with E-state index in [2.05, 4.69) is 17.6 Å². The van der Waals surface area contributed by atoms with Crippen LogP contribution < -0.4 is 10.6 Å². The fraction of sp³-hybridized carbons (Fsp3) is 1.00. The smallest absolute Gasteiger partial charge is 0.144 e. The van der Waals surface area contributed by atoms with Gasteiger partial charge in [-0.1, -0.05) is 0 Å². The summed E-state index contributed by atoms with van der Waals surface area (Å²) in [6.07, 6.45) is 1.14. The molecule has 2 rings (SSSR count). The van der Waals surface area contributed by atoms with E-state index < -0.39 is 0 Å². The van der Waals surface area contributed by atoms with Crippen molar-refractivity contribution in [3.05, 3.63) is 0 Å². The van der Waals surface area contributed by atoms with E-state index in [4.69, 9.17) is 4.74 Å². The van der Waals surface area contributed by atoms with Crippen LogP contribution in [0.15, 0.2) is 0 Å². The Morgan fingerprint density at radius 2 is 2.30 bits per heavy atom. The van der Waals surface area contributed by atoms with Gasteiger partial charge in [0.2, 0.25) is 0 Å². The van der Waals surface area contributed by atoms with Crippen LogP contribution in [0.3, 0.4) is 0 Å². The molecule has 1 spiro atoms. The molecule has 2 heterocycles. The van der Waals surface area contributed by atoms with Crippen molar-refractivity contribution < 1.29 is 4.74 Å². The zero-order valence-electron chi connectivity index (χ0n) is 6.31.